The number of fused-ring (bicyclic) bond motifs is 1. The zero-order chi connectivity index (χ0) is 23.8. The Morgan fingerprint density at radius 3 is 2.56 bits per heavy atom. The van der Waals surface area contributed by atoms with Gasteiger partial charge in [0.05, 0.1) is 12.1 Å². The number of ether oxygens (including phenoxy) is 2. The maximum Gasteiger partial charge on any atom is 0.257 e. The van der Waals surface area contributed by atoms with Crippen LogP contribution in [0, 0.1) is 6.92 Å². The second-order valence-electron chi connectivity index (χ2n) is 8.25. The van der Waals surface area contributed by atoms with Crippen LogP contribution in [0.15, 0.2) is 71.2 Å². The summed E-state index contributed by atoms with van der Waals surface area (Å²) in [6.07, 6.45) is -0.0863. The number of benzene rings is 3. The Bertz CT molecular complexity index is 1290. The summed E-state index contributed by atoms with van der Waals surface area (Å²) >= 11 is 3.37. The van der Waals surface area contributed by atoms with Gasteiger partial charge in [0.1, 0.15) is 6.04 Å². The molecule has 0 bridgehead atoms. The van der Waals surface area contributed by atoms with Crippen molar-refractivity contribution in [2.75, 3.05) is 11.7 Å². The first-order valence-corrected chi connectivity index (χ1v) is 11.6. The van der Waals surface area contributed by atoms with Gasteiger partial charge in [0.2, 0.25) is 12.7 Å². The van der Waals surface area contributed by atoms with Crippen LogP contribution in [-0.2, 0) is 16.1 Å². The Morgan fingerprint density at radius 1 is 1.03 bits per heavy atom. The first-order chi connectivity index (χ1) is 16.4. The Labute approximate surface area is 205 Å². The lowest BCUT2D eigenvalue weighted by Crippen LogP contribution is -2.45. The van der Waals surface area contributed by atoms with Gasteiger partial charge < -0.3 is 14.4 Å². The lowest BCUT2D eigenvalue weighted by Gasteiger charge is -2.28. The van der Waals surface area contributed by atoms with Crippen molar-refractivity contribution in [2.45, 2.75) is 25.9 Å². The van der Waals surface area contributed by atoms with Gasteiger partial charge in [0, 0.05) is 16.6 Å². The minimum atomic E-state index is -0.922. The largest absolute Gasteiger partial charge is 0.454 e. The minimum absolute atomic E-state index is 0.0863. The lowest BCUT2D eigenvalue weighted by molar-refractivity contribution is -0.122. The summed E-state index contributed by atoms with van der Waals surface area (Å²) in [7, 11) is 0. The highest BCUT2D eigenvalue weighted by molar-refractivity contribution is 9.10. The lowest BCUT2D eigenvalue weighted by atomic mass is 10.1. The monoisotopic (exact) mass is 520 g/mol. The van der Waals surface area contributed by atoms with Gasteiger partial charge in [0.25, 0.3) is 11.8 Å². The number of aryl methyl sites for hydroxylation is 1. The van der Waals surface area contributed by atoms with E-state index in [1.165, 1.54) is 4.90 Å². The Kier molecular flexibility index (Phi) is 5.83. The van der Waals surface area contributed by atoms with Crippen LogP contribution in [0.25, 0.3) is 0 Å². The molecule has 2 aliphatic heterocycles. The van der Waals surface area contributed by atoms with Crippen molar-refractivity contribution in [1.82, 2.24) is 4.90 Å². The molecule has 5 rings (SSSR count). The van der Waals surface area contributed by atoms with Gasteiger partial charge in [0.15, 0.2) is 11.5 Å². The van der Waals surface area contributed by atoms with Crippen LogP contribution in [0.2, 0.25) is 0 Å². The van der Waals surface area contributed by atoms with Crippen LogP contribution in [0.5, 0.6) is 11.5 Å². The molecule has 7 nitrogen and oxygen atoms in total. The predicted octanol–water partition coefficient (Wildman–Crippen LogP) is 4.46. The molecule has 0 radical (unpaired) electrons. The average molecular weight is 521 g/mol. The summed E-state index contributed by atoms with van der Waals surface area (Å²) in [6, 6.07) is 18.6. The number of hydrogen-bond acceptors (Lipinski definition) is 5. The van der Waals surface area contributed by atoms with Crippen LogP contribution >= 0.6 is 15.9 Å². The van der Waals surface area contributed by atoms with Crippen molar-refractivity contribution in [3.8, 4) is 11.5 Å². The molecule has 1 saturated heterocycles. The van der Waals surface area contributed by atoms with E-state index in [0.29, 0.717) is 22.7 Å². The Balaban J connectivity index is 1.50. The molecule has 3 amide bonds. The molecule has 0 N–H and O–H groups in total. The van der Waals surface area contributed by atoms with E-state index in [-0.39, 0.29) is 31.6 Å². The van der Waals surface area contributed by atoms with Crippen LogP contribution in [0.4, 0.5) is 5.69 Å². The Morgan fingerprint density at radius 2 is 1.79 bits per heavy atom. The standard InChI is InChI=1S/C26H21BrN2O5/c1-16-3-2-4-18(11-16)25(31)28(14-17-5-10-22-23(12-17)34-15-33-22)21-13-24(30)29(26(21)32)20-8-6-19(27)7-9-20/h2-12,21H,13-15H2,1H3. The summed E-state index contributed by atoms with van der Waals surface area (Å²) in [5.74, 6) is 0.143. The summed E-state index contributed by atoms with van der Waals surface area (Å²) in [6.45, 7) is 2.18. The van der Waals surface area contributed by atoms with Crippen molar-refractivity contribution in [3.63, 3.8) is 0 Å². The molecular formula is C26H21BrN2O5. The highest BCUT2D eigenvalue weighted by Crippen LogP contribution is 2.34. The molecule has 8 heteroatoms. The van der Waals surface area contributed by atoms with E-state index in [4.69, 9.17) is 9.47 Å². The van der Waals surface area contributed by atoms with Gasteiger partial charge in [-0.3, -0.25) is 14.4 Å². The molecule has 3 aromatic rings. The second-order valence-corrected chi connectivity index (χ2v) is 9.17. The predicted molar refractivity (Wildman–Crippen MR) is 129 cm³/mol. The third kappa shape index (κ3) is 4.17. The highest BCUT2D eigenvalue weighted by Gasteiger charge is 2.44. The molecule has 1 atom stereocenters. The highest BCUT2D eigenvalue weighted by atomic mass is 79.9. The number of carbonyl (C=O) groups is 3. The van der Waals surface area contributed by atoms with Gasteiger partial charge in [-0.1, -0.05) is 39.7 Å². The fraction of sp³-hybridized carbons (Fsp3) is 0.192. The maximum absolute atomic E-state index is 13.6. The number of rotatable bonds is 5. The fourth-order valence-electron chi connectivity index (χ4n) is 4.22. The minimum Gasteiger partial charge on any atom is -0.454 e. The van der Waals surface area contributed by atoms with Crippen LogP contribution in [0.1, 0.15) is 27.9 Å². The molecular weight excluding hydrogens is 500 g/mol. The molecule has 0 aliphatic carbocycles. The number of nitrogens with zero attached hydrogens (tertiary/aromatic N) is 2. The van der Waals surface area contributed by atoms with Crippen molar-refractivity contribution in [1.29, 1.82) is 0 Å². The molecule has 172 valence electrons. The number of halogens is 1. The van der Waals surface area contributed by atoms with Crippen LogP contribution in [0.3, 0.4) is 0 Å². The topological polar surface area (TPSA) is 76.2 Å². The van der Waals surface area contributed by atoms with E-state index < -0.39 is 11.9 Å². The number of carbonyl (C=O) groups excluding carboxylic acids is 3. The van der Waals surface area contributed by atoms with Crippen molar-refractivity contribution in [3.05, 3.63) is 87.9 Å². The third-order valence-corrected chi connectivity index (χ3v) is 6.43. The SMILES string of the molecule is Cc1cccc(C(=O)N(Cc2ccc3c(c2)OCO3)C2CC(=O)N(c3ccc(Br)cc3)C2=O)c1. The van der Waals surface area contributed by atoms with Crippen molar-refractivity contribution in [2.24, 2.45) is 0 Å². The van der Waals surface area contributed by atoms with Gasteiger partial charge in [-0.15, -0.1) is 0 Å². The molecule has 2 heterocycles. The first-order valence-electron chi connectivity index (χ1n) is 10.8. The first kappa shape index (κ1) is 22.2. The van der Waals surface area contributed by atoms with Gasteiger partial charge in [-0.05, 0) is 61.0 Å². The second kappa shape index (κ2) is 8.95. The smallest absolute Gasteiger partial charge is 0.257 e. The molecule has 2 aliphatic rings. The van der Waals surface area contributed by atoms with Crippen LogP contribution < -0.4 is 14.4 Å². The van der Waals surface area contributed by atoms with Gasteiger partial charge >= 0.3 is 0 Å². The van der Waals surface area contributed by atoms with E-state index in [1.54, 1.807) is 54.6 Å². The summed E-state index contributed by atoms with van der Waals surface area (Å²) in [4.78, 5) is 42.7. The zero-order valence-electron chi connectivity index (χ0n) is 18.4. The van der Waals surface area contributed by atoms with Crippen LogP contribution in [-0.4, -0.2) is 35.5 Å². The molecule has 0 aromatic heterocycles. The summed E-state index contributed by atoms with van der Waals surface area (Å²) < 4.78 is 11.7. The summed E-state index contributed by atoms with van der Waals surface area (Å²) in [5.41, 5.74) is 2.64. The quantitative estimate of drug-likeness (QED) is 0.464. The zero-order valence-corrected chi connectivity index (χ0v) is 19.9. The molecule has 1 fully saturated rings. The fourth-order valence-corrected chi connectivity index (χ4v) is 4.49. The molecule has 1 unspecified atom stereocenters. The van der Waals surface area contributed by atoms with Crippen molar-refractivity contribution < 1.29 is 23.9 Å². The number of hydrogen-bond donors (Lipinski definition) is 0. The molecule has 3 aromatic carbocycles. The Hall–Kier alpha value is -3.65. The number of amides is 3. The number of anilines is 1. The molecule has 0 spiro atoms. The van der Waals surface area contributed by atoms with E-state index in [9.17, 15) is 14.4 Å². The molecule has 34 heavy (non-hydrogen) atoms. The summed E-state index contributed by atoms with van der Waals surface area (Å²) in [5, 5.41) is 0. The van der Waals surface area contributed by atoms with E-state index >= 15 is 0 Å². The number of imide groups is 1. The van der Waals surface area contributed by atoms with Gasteiger partial charge in [-0.2, -0.15) is 0 Å². The average Bonchev–Trinajstić information content (AvgIpc) is 3.41. The molecule has 0 saturated carbocycles. The van der Waals surface area contributed by atoms with E-state index in [0.717, 1.165) is 20.5 Å². The van der Waals surface area contributed by atoms with Gasteiger partial charge in [-0.25, -0.2) is 4.90 Å². The normalized spacial score (nSPS) is 16.8. The maximum atomic E-state index is 13.6. The van der Waals surface area contributed by atoms with E-state index in [2.05, 4.69) is 15.9 Å². The van der Waals surface area contributed by atoms with Crippen molar-refractivity contribution >= 4 is 39.3 Å². The third-order valence-electron chi connectivity index (χ3n) is 5.90. The van der Waals surface area contributed by atoms with E-state index in [1.807, 2.05) is 19.1 Å².